The molecule has 2 amide bonds. The Kier molecular flexibility index (Phi) is 3.98. The Morgan fingerprint density at radius 1 is 1.59 bits per heavy atom. The summed E-state index contributed by atoms with van der Waals surface area (Å²) in [6.07, 6.45) is -1.32. The van der Waals surface area contributed by atoms with Crippen molar-refractivity contribution >= 4 is 12.0 Å². The summed E-state index contributed by atoms with van der Waals surface area (Å²) >= 11 is 0. The molecule has 6 heteroatoms. The van der Waals surface area contributed by atoms with Crippen molar-refractivity contribution in [2.24, 2.45) is 5.92 Å². The van der Waals surface area contributed by atoms with Crippen molar-refractivity contribution in [3.63, 3.8) is 0 Å². The summed E-state index contributed by atoms with van der Waals surface area (Å²) in [5, 5.41) is 14.6. The standard InChI is InChI=1S/C11H20N2O4/c1-6(14)7-5-12-9(15)8(7)13-10(16)17-11(2,3)4/h6-8,14H,5H2,1-4H3,(H,12,15)(H,13,16)/t6-,7-,8-/m1/s1. The minimum absolute atomic E-state index is 0.290. The number of carbonyl (C=O) groups is 2. The van der Waals surface area contributed by atoms with Gasteiger partial charge in [0, 0.05) is 12.5 Å². The first-order valence-electron chi connectivity index (χ1n) is 5.66. The Labute approximate surface area is 101 Å². The number of hydrogen-bond donors (Lipinski definition) is 3. The van der Waals surface area contributed by atoms with Crippen molar-refractivity contribution in [2.45, 2.75) is 45.4 Å². The van der Waals surface area contributed by atoms with Crippen LogP contribution < -0.4 is 10.6 Å². The smallest absolute Gasteiger partial charge is 0.408 e. The molecule has 1 heterocycles. The van der Waals surface area contributed by atoms with Crippen molar-refractivity contribution in [3.8, 4) is 0 Å². The Hall–Kier alpha value is -1.30. The molecule has 3 atom stereocenters. The highest BCUT2D eigenvalue weighted by Gasteiger charge is 2.39. The van der Waals surface area contributed by atoms with Gasteiger partial charge in [-0.05, 0) is 27.7 Å². The van der Waals surface area contributed by atoms with E-state index in [4.69, 9.17) is 4.74 Å². The van der Waals surface area contributed by atoms with Gasteiger partial charge in [-0.2, -0.15) is 0 Å². The first-order valence-corrected chi connectivity index (χ1v) is 5.66. The van der Waals surface area contributed by atoms with Crippen LogP contribution >= 0.6 is 0 Å². The van der Waals surface area contributed by atoms with E-state index in [2.05, 4.69) is 10.6 Å². The lowest BCUT2D eigenvalue weighted by atomic mass is 9.98. The molecule has 3 N–H and O–H groups in total. The van der Waals surface area contributed by atoms with Gasteiger partial charge >= 0.3 is 6.09 Å². The van der Waals surface area contributed by atoms with Gasteiger partial charge in [0.05, 0.1) is 6.10 Å². The second-order valence-electron chi connectivity index (χ2n) is 5.27. The molecule has 1 rings (SSSR count). The highest BCUT2D eigenvalue weighted by Crippen LogP contribution is 2.16. The Morgan fingerprint density at radius 3 is 2.65 bits per heavy atom. The van der Waals surface area contributed by atoms with E-state index in [0.29, 0.717) is 6.54 Å². The minimum atomic E-state index is -0.732. The van der Waals surface area contributed by atoms with Crippen LogP contribution in [0.4, 0.5) is 4.79 Å². The molecule has 98 valence electrons. The van der Waals surface area contributed by atoms with Crippen LogP contribution in [0, 0.1) is 5.92 Å². The summed E-state index contributed by atoms with van der Waals surface area (Å²) in [6, 6.07) is -0.732. The molecule has 0 saturated carbocycles. The molecule has 0 bridgehead atoms. The molecule has 0 aromatic rings. The number of hydrogen-bond acceptors (Lipinski definition) is 4. The van der Waals surface area contributed by atoms with Gasteiger partial charge in [0.15, 0.2) is 0 Å². The second kappa shape index (κ2) is 4.91. The SMILES string of the molecule is C[C@@H](O)[C@H]1CNC(=O)[C@@H]1NC(=O)OC(C)(C)C. The van der Waals surface area contributed by atoms with Crippen LogP contribution in [-0.2, 0) is 9.53 Å². The topological polar surface area (TPSA) is 87.7 Å². The molecule has 1 fully saturated rings. The van der Waals surface area contributed by atoms with E-state index in [-0.39, 0.29) is 11.8 Å². The first-order chi connectivity index (χ1) is 7.70. The number of ether oxygens (including phenoxy) is 1. The second-order valence-corrected chi connectivity index (χ2v) is 5.27. The molecule has 1 saturated heterocycles. The average molecular weight is 244 g/mol. The minimum Gasteiger partial charge on any atom is -0.444 e. The molecular formula is C11H20N2O4. The van der Waals surface area contributed by atoms with Gasteiger partial charge in [0.25, 0.3) is 0 Å². The van der Waals surface area contributed by atoms with Crippen molar-refractivity contribution in [1.29, 1.82) is 0 Å². The number of carbonyl (C=O) groups excluding carboxylic acids is 2. The average Bonchev–Trinajstić information content (AvgIpc) is 2.44. The van der Waals surface area contributed by atoms with E-state index in [1.54, 1.807) is 27.7 Å². The largest absolute Gasteiger partial charge is 0.444 e. The van der Waals surface area contributed by atoms with Crippen LogP contribution in [0.15, 0.2) is 0 Å². The Morgan fingerprint density at radius 2 is 2.18 bits per heavy atom. The van der Waals surface area contributed by atoms with Gasteiger partial charge < -0.3 is 20.5 Å². The molecule has 0 aromatic carbocycles. The fourth-order valence-electron chi connectivity index (χ4n) is 1.70. The molecule has 1 aliphatic rings. The van der Waals surface area contributed by atoms with Crippen LogP contribution in [0.2, 0.25) is 0 Å². The number of aliphatic hydroxyl groups excluding tert-OH is 1. The monoisotopic (exact) mass is 244 g/mol. The van der Waals surface area contributed by atoms with Gasteiger partial charge in [0.1, 0.15) is 11.6 Å². The Bertz CT molecular complexity index is 309. The summed E-state index contributed by atoms with van der Waals surface area (Å²) in [5.41, 5.74) is -0.612. The van der Waals surface area contributed by atoms with Gasteiger partial charge in [-0.1, -0.05) is 0 Å². The predicted molar refractivity (Wildman–Crippen MR) is 61.3 cm³/mol. The first kappa shape index (κ1) is 13.8. The zero-order valence-electron chi connectivity index (χ0n) is 10.6. The fourth-order valence-corrected chi connectivity index (χ4v) is 1.70. The maximum absolute atomic E-state index is 11.5. The van der Waals surface area contributed by atoms with Crippen molar-refractivity contribution in [2.75, 3.05) is 6.54 Å². The molecular weight excluding hydrogens is 224 g/mol. The zero-order chi connectivity index (χ0) is 13.2. The maximum Gasteiger partial charge on any atom is 0.408 e. The number of rotatable bonds is 2. The highest BCUT2D eigenvalue weighted by atomic mass is 16.6. The van der Waals surface area contributed by atoms with Gasteiger partial charge in [-0.15, -0.1) is 0 Å². The van der Waals surface area contributed by atoms with Gasteiger partial charge in [-0.25, -0.2) is 4.79 Å². The third-order valence-electron chi connectivity index (χ3n) is 2.51. The number of amides is 2. The number of aliphatic hydroxyl groups is 1. The van der Waals surface area contributed by atoms with Crippen LogP contribution in [0.5, 0.6) is 0 Å². The molecule has 1 aliphatic heterocycles. The van der Waals surface area contributed by atoms with Crippen LogP contribution in [0.25, 0.3) is 0 Å². The van der Waals surface area contributed by atoms with Crippen molar-refractivity contribution < 1.29 is 19.4 Å². The summed E-state index contributed by atoms with van der Waals surface area (Å²) in [7, 11) is 0. The lowest BCUT2D eigenvalue weighted by Gasteiger charge is -2.24. The predicted octanol–water partition coefficient (Wildman–Crippen LogP) is 0.00650. The third-order valence-corrected chi connectivity index (χ3v) is 2.51. The highest BCUT2D eigenvalue weighted by molar-refractivity contribution is 5.88. The molecule has 0 spiro atoms. The van der Waals surface area contributed by atoms with Crippen LogP contribution in [0.3, 0.4) is 0 Å². The van der Waals surface area contributed by atoms with Crippen molar-refractivity contribution in [1.82, 2.24) is 10.6 Å². The van der Waals surface area contributed by atoms with Gasteiger partial charge in [0.2, 0.25) is 5.91 Å². The fraction of sp³-hybridized carbons (Fsp3) is 0.818. The summed E-state index contributed by atoms with van der Waals surface area (Å²) in [6.45, 7) is 7.18. The summed E-state index contributed by atoms with van der Waals surface area (Å²) in [4.78, 5) is 23.0. The molecule has 0 unspecified atom stereocenters. The summed E-state index contributed by atoms with van der Waals surface area (Å²) < 4.78 is 5.06. The van der Waals surface area contributed by atoms with E-state index >= 15 is 0 Å². The lowest BCUT2D eigenvalue weighted by molar-refractivity contribution is -0.121. The molecule has 17 heavy (non-hydrogen) atoms. The maximum atomic E-state index is 11.5. The normalized spacial score (nSPS) is 26.3. The molecule has 0 aromatic heterocycles. The molecule has 0 radical (unpaired) electrons. The third kappa shape index (κ3) is 3.89. The zero-order valence-corrected chi connectivity index (χ0v) is 10.6. The van der Waals surface area contributed by atoms with Crippen molar-refractivity contribution in [3.05, 3.63) is 0 Å². The quantitative estimate of drug-likeness (QED) is 0.638. The van der Waals surface area contributed by atoms with E-state index < -0.39 is 23.8 Å². The number of alkyl carbamates (subject to hydrolysis) is 1. The summed E-state index contributed by atoms with van der Waals surface area (Å²) in [5.74, 6) is -0.614. The Balaban J connectivity index is 2.60. The molecule has 6 nitrogen and oxygen atoms in total. The van der Waals surface area contributed by atoms with E-state index in [0.717, 1.165) is 0 Å². The molecule has 0 aliphatic carbocycles. The lowest BCUT2D eigenvalue weighted by Crippen LogP contribution is -2.47. The van der Waals surface area contributed by atoms with Crippen LogP contribution in [-0.4, -0.2) is 41.4 Å². The van der Waals surface area contributed by atoms with Gasteiger partial charge in [-0.3, -0.25) is 4.79 Å². The van der Waals surface area contributed by atoms with E-state index in [1.807, 2.05) is 0 Å². The number of nitrogens with one attached hydrogen (secondary N) is 2. The van der Waals surface area contributed by atoms with E-state index in [1.165, 1.54) is 0 Å². The van der Waals surface area contributed by atoms with Crippen LogP contribution in [0.1, 0.15) is 27.7 Å². The van der Waals surface area contributed by atoms with E-state index in [9.17, 15) is 14.7 Å².